The molecule has 0 radical (unpaired) electrons. The van der Waals surface area contributed by atoms with E-state index in [1.807, 2.05) is 61.1 Å². The van der Waals surface area contributed by atoms with Gasteiger partial charge in [-0.1, -0.05) is 48.5 Å². The summed E-state index contributed by atoms with van der Waals surface area (Å²) in [6.07, 6.45) is 3.63. The van der Waals surface area contributed by atoms with E-state index < -0.39 is 0 Å². The standard InChI is InChI=1S/C23H21N7/c1-17-13-21(30-23(26-17)24-16-25-30)28(2)14-19-15-29(20-11-7-4-8-12-20)27-22(19)18-9-5-3-6-10-18/h3-13,15-16H,14H2,1-2H3. The zero-order valence-corrected chi connectivity index (χ0v) is 16.8. The number of para-hydroxylation sites is 1. The molecule has 148 valence electrons. The van der Waals surface area contributed by atoms with Crippen molar-refractivity contribution in [1.29, 1.82) is 0 Å². The maximum absolute atomic E-state index is 4.91. The lowest BCUT2D eigenvalue weighted by molar-refractivity contribution is 0.827. The van der Waals surface area contributed by atoms with E-state index in [-0.39, 0.29) is 0 Å². The topological polar surface area (TPSA) is 64.1 Å². The van der Waals surface area contributed by atoms with E-state index in [0.717, 1.165) is 34.0 Å². The highest BCUT2D eigenvalue weighted by Gasteiger charge is 2.16. The van der Waals surface area contributed by atoms with Crippen molar-refractivity contribution in [2.75, 3.05) is 11.9 Å². The smallest absolute Gasteiger partial charge is 0.254 e. The zero-order chi connectivity index (χ0) is 20.5. The number of hydrogen-bond acceptors (Lipinski definition) is 5. The highest BCUT2D eigenvalue weighted by atomic mass is 15.4. The predicted molar refractivity (Wildman–Crippen MR) is 117 cm³/mol. The second-order valence-corrected chi connectivity index (χ2v) is 7.23. The summed E-state index contributed by atoms with van der Waals surface area (Å²) in [5.41, 5.74) is 5.11. The molecule has 0 amide bonds. The van der Waals surface area contributed by atoms with Crippen LogP contribution < -0.4 is 4.90 Å². The summed E-state index contributed by atoms with van der Waals surface area (Å²) in [5.74, 6) is 1.53. The van der Waals surface area contributed by atoms with Gasteiger partial charge in [-0.05, 0) is 19.1 Å². The molecule has 0 N–H and O–H groups in total. The molecule has 0 aliphatic heterocycles. The van der Waals surface area contributed by atoms with Gasteiger partial charge in [0.05, 0.1) is 11.4 Å². The Kier molecular flexibility index (Phi) is 4.48. The Morgan fingerprint density at radius 2 is 1.70 bits per heavy atom. The largest absolute Gasteiger partial charge is 0.355 e. The van der Waals surface area contributed by atoms with Crippen LogP contribution in [-0.2, 0) is 6.54 Å². The number of hydrogen-bond donors (Lipinski definition) is 0. The molecule has 3 heterocycles. The first-order valence-electron chi connectivity index (χ1n) is 9.77. The fraction of sp³-hybridized carbons (Fsp3) is 0.130. The summed E-state index contributed by atoms with van der Waals surface area (Å²) < 4.78 is 3.70. The Balaban J connectivity index is 1.57. The van der Waals surface area contributed by atoms with Crippen molar-refractivity contribution < 1.29 is 0 Å². The van der Waals surface area contributed by atoms with E-state index >= 15 is 0 Å². The molecule has 5 aromatic rings. The summed E-state index contributed by atoms with van der Waals surface area (Å²) in [6.45, 7) is 2.63. The van der Waals surface area contributed by atoms with E-state index in [0.29, 0.717) is 12.3 Å². The van der Waals surface area contributed by atoms with Crippen LogP contribution >= 0.6 is 0 Å². The monoisotopic (exact) mass is 395 g/mol. The van der Waals surface area contributed by atoms with Gasteiger partial charge in [0.25, 0.3) is 5.78 Å². The number of anilines is 1. The normalized spacial score (nSPS) is 11.1. The maximum Gasteiger partial charge on any atom is 0.254 e. The number of fused-ring (bicyclic) bond motifs is 1. The molecule has 30 heavy (non-hydrogen) atoms. The first-order chi connectivity index (χ1) is 14.7. The van der Waals surface area contributed by atoms with Crippen LogP contribution in [0.5, 0.6) is 0 Å². The van der Waals surface area contributed by atoms with Gasteiger partial charge in [0.2, 0.25) is 0 Å². The maximum atomic E-state index is 4.91. The van der Waals surface area contributed by atoms with Crippen LogP contribution in [0.3, 0.4) is 0 Å². The van der Waals surface area contributed by atoms with Gasteiger partial charge in [0.1, 0.15) is 12.1 Å². The zero-order valence-electron chi connectivity index (χ0n) is 16.8. The van der Waals surface area contributed by atoms with E-state index in [1.54, 1.807) is 4.52 Å². The Labute approximate surface area is 174 Å². The molecule has 5 rings (SSSR count). The summed E-state index contributed by atoms with van der Waals surface area (Å²) in [4.78, 5) is 10.8. The minimum atomic E-state index is 0.597. The van der Waals surface area contributed by atoms with Crippen molar-refractivity contribution >= 4 is 11.6 Å². The molecule has 3 aromatic heterocycles. The van der Waals surface area contributed by atoms with E-state index in [4.69, 9.17) is 5.10 Å². The van der Waals surface area contributed by atoms with Crippen molar-refractivity contribution in [3.05, 3.63) is 90.5 Å². The average Bonchev–Trinajstić information content (AvgIpc) is 3.41. The lowest BCUT2D eigenvalue weighted by Crippen LogP contribution is -2.20. The fourth-order valence-electron chi connectivity index (χ4n) is 3.60. The average molecular weight is 395 g/mol. The third-order valence-electron chi connectivity index (χ3n) is 5.02. The van der Waals surface area contributed by atoms with Gasteiger partial charge >= 0.3 is 0 Å². The molecule has 7 heteroatoms. The van der Waals surface area contributed by atoms with Crippen molar-refractivity contribution in [3.63, 3.8) is 0 Å². The van der Waals surface area contributed by atoms with Gasteiger partial charge in [-0.25, -0.2) is 9.67 Å². The number of benzene rings is 2. The van der Waals surface area contributed by atoms with Crippen LogP contribution in [0.15, 0.2) is 79.3 Å². The van der Waals surface area contributed by atoms with Gasteiger partial charge < -0.3 is 4.90 Å². The van der Waals surface area contributed by atoms with E-state index in [2.05, 4.69) is 50.4 Å². The van der Waals surface area contributed by atoms with Gasteiger partial charge in [-0.3, -0.25) is 0 Å². The second-order valence-electron chi connectivity index (χ2n) is 7.23. The predicted octanol–water partition coefficient (Wildman–Crippen LogP) is 3.92. The molecule has 0 saturated carbocycles. The minimum Gasteiger partial charge on any atom is -0.355 e. The van der Waals surface area contributed by atoms with Gasteiger partial charge in [-0.15, -0.1) is 0 Å². The Morgan fingerprint density at radius 3 is 2.47 bits per heavy atom. The molecule has 0 saturated heterocycles. The molecule has 0 spiro atoms. The molecule has 0 aliphatic rings. The molecule has 0 bridgehead atoms. The molecule has 7 nitrogen and oxygen atoms in total. The third kappa shape index (κ3) is 3.30. The summed E-state index contributed by atoms with van der Waals surface area (Å²) >= 11 is 0. The minimum absolute atomic E-state index is 0.597. The van der Waals surface area contributed by atoms with Crippen LogP contribution in [0.4, 0.5) is 5.82 Å². The first kappa shape index (κ1) is 18.1. The number of aromatic nitrogens is 6. The van der Waals surface area contributed by atoms with E-state index in [1.165, 1.54) is 6.33 Å². The van der Waals surface area contributed by atoms with Gasteiger partial charge in [0, 0.05) is 42.7 Å². The van der Waals surface area contributed by atoms with Crippen LogP contribution in [0.25, 0.3) is 22.7 Å². The quantitative estimate of drug-likeness (QED) is 0.451. The number of aryl methyl sites for hydroxylation is 1. The van der Waals surface area contributed by atoms with Gasteiger partial charge in [0.15, 0.2) is 0 Å². The fourth-order valence-corrected chi connectivity index (χ4v) is 3.60. The van der Waals surface area contributed by atoms with Gasteiger partial charge in [-0.2, -0.15) is 19.7 Å². The SMILES string of the molecule is Cc1cc(N(C)Cc2cn(-c3ccccc3)nc2-c2ccccc2)n2ncnc2n1. The van der Waals surface area contributed by atoms with E-state index in [9.17, 15) is 0 Å². The Morgan fingerprint density at radius 1 is 0.967 bits per heavy atom. The highest BCUT2D eigenvalue weighted by Crippen LogP contribution is 2.26. The molecule has 0 fully saturated rings. The van der Waals surface area contributed by atoms with Crippen molar-refractivity contribution in [3.8, 4) is 16.9 Å². The first-order valence-corrected chi connectivity index (χ1v) is 9.77. The van der Waals surface area contributed by atoms with Crippen LogP contribution in [-0.4, -0.2) is 36.4 Å². The summed E-state index contributed by atoms with van der Waals surface area (Å²) in [7, 11) is 2.05. The second kappa shape index (κ2) is 7.44. The summed E-state index contributed by atoms with van der Waals surface area (Å²) in [6, 6.07) is 22.5. The van der Waals surface area contributed by atoms with Crippen LogP contribution in [0.2, 0.25) is 0 Å². The van der Waals surface area contributed by atoms with Crippen LogP contribution in [0, 0.1) is 6.92 Å². The van der Waals surface area contributed by atoms with Crippen molar-refractivity contribution in [2.45, 2.75) is 13.5 Å². The molecule has 0 unspecified atom stereocenters. The van der Waals surface area contributed by atoms with Crippen molar-refractivity contribution in [1.82, 2.24) is 29.4 Å². The molecular formula is C23H21N7. The highest BCUT2D eigenvalue weighted by molar-refractivity contribution is 5.64. The molecule has 0 aliphatic carbocycles. The number of nitrogens with zero attached hydrogens (tertiary/aromatic N) is 7. The summed E-state index contributed by atoms with van der Waals surface area (Å²) in [5, 5.41) is 9.25. The molecular weight excluding hydrogens is 374 g/mol. The van der Waals surface area contributed by atoms with Crippen LogP contribution in [0.1, 0.15) is 11.3 Å². The third-order valence-corrected chi connectivity index (χ3v) is 5.02. The van der Waals surface area contributed by atoms with Crippen molar-refractivity contribution in [2.24, 2.45) is 0 Å². The lowest BCUT2D eigenvalue weighted by atomic mass is 10.1. The number of rotatable bonds is 5. The Bertz CT molecular complexity index is 1290. The Hall–Kier alpha value is -4.00. The molecule has 2 aromatic carbocycles. The lowest BCUT2D eigenvalue weighted by Gasteiger charge is -2.20. The molecule has 0 atom stereocenters.